The minimum absolute atomic E-state index is 0.223. The summed E-state index contributed by atoms with van der Waals surface area (Å²) < 4.78 is 13.5. The van der Waals surface area contributed by atoms with Gasteiger partial charge in [-0.3, -0.25) is 4.79 Å². The number of H-pyrrole nitrogens is 1. The molecule has 0 radical (unpaired) electrons. The van der Waals surface area contributed by atoms with Gasteiger partial charge in [-0.1, -0.05) is 0 Å². The molecule has 0 saturated heterocycles. The van der Waals surface area contributed by atoms with Crippen LogP contribution in [0.1, 0.15) is 5.69 Å². The first-order valence-electron chi connectivity index (χ1n) is 4.59. The van der Waals surface area contributed by atoms with Gasteiger partial charge in [0.25, 0.3) is 5.56 Å². The smallest absolute Gasteiger partial charge is 0.251 e. The lowest BCUT2D eigenvalue weighted by atomic mass is 10.2. The van der Waals surface area contributed by atoms with Crippen molar-refractivity contribution in [3.05, 3.63) is 50.6 Å². The molecule has 2 aromatic rings. The molecule has 0 amide bonds. The van der Waals surface area contributed by atoms with E-state index in [-0.39, 0.29) is 11.4 Å². The van der Waals surface area contributed by atoms with Crippen LogP contribution in [0.3, 0.4) is 0 Å². The Bertz CT molecular complexity index is 595. The molecule has 0 aliphatic heterocycles. The summed E-state index contributed by atoms with van der Waals surface area (Å²) in [6.07, 6.45) is 0. The molecular weight excluding hydrogens is 275 g/mol. The van der Waals surface area contributed by atoms with Crippen LogP contribution in [0.2, 0.25) is 0 Å². The Balaban J connectivity index is 2.63. The molecule has 82 valence electrons. The van der Waals surface area contributed by atoms with Gasteiger partial charge >= 0.3 is 0 Å². The fraction of sp³-hybridized carbons (Fsp3) is 0.0909. The number of hydrogen-bond acceptors (Lipinski definition) is 2. The summed E-state index contributed by atoms with van der Waals surface area (Å²) in [4.78, 5) is 18.1. The minimum atomic E-state index is -0.342. The number of aromatic amines is 1. The predicted octanol–water partition coefficient (Wildman–Crippen LogP) is 2.65. The van der Waals surface area contributed by atoms with Gasteiger partial charge in [-0.15, -0.1) is 0 Å². The number of rotatable bonds is 1. The van der Waals surface area contributed by atoms with E-state index in [0.717, 1.165) is 0 Å². The van der Waals surface area contributed by atoms with Crippen molar-refractivity contribution < 1.29 is 4.39 Å². The van der Waals surface area contributed by atoms with Crippen LogP contribution in [0.4, 0.5) is 4.39 Å². The molecule has 5 heteroatoms. The third-order valence-electron chi connectivity index (χ3n) is 2.06. The molecule has 1 heterocycles. The van der Waals surface area contributed by atoms with Crippen LogP contribution < -0.4 is 5.56 Å². The molecule has 2 rings (SSSR count). The Morgan fingerprint density at radius 1 is 1.38 bits per heavy atom. The Kier molecular flexibility index (Phi) is 2.87. The predicted molar refractivity (Wildman–Crippen MR) is 62.7 cm³/mol. The highest BCUT2D eigenvalue weighted by molar-refractivity contribution is 9.10. The molecule has 0 atom stereocenters. The van der Waals surface area contributed by atoms with Crippen molar-refractivity contribution in [1.82, 2.24) is 9.97 Å². The fourth-order valence-electron chi connectivity index (χ4n) is 1.39. The Morgan fingerprint density at radius 3 is 2.75 bits per heavy atom. The lowest BCUT2D eigenvalue weighted by Gasteiger charge is -2.04. The van der Waals surface area contributed by atoms with Crippen molar-refractivity contribution in [3.63, 3.8) is 0 Å². The van der Waals surface area contributed by atoms with Gasteiger partial charge in [-0.05, 0) is 41.1 Å². The standard InChI is InChI=1S/C11H8BrFN2O/c1-6-4-10(16)15-11(14-6)8-3-2-7(13)5-9(8)12/h2-5H,1H3,(H,14,15,16). The molecule has 0 aliphatic rings. The molecule has 0 bridgehead atoms. The summed E-state index contributed by atoms with van der Waals surface area (Å²) in [5, 5.41) is 0. The summed E-state index contributed by atoms with van der Waals surface area (Å²) in [7, 11) is 0. The largest absolute Gasteiger partial charge is 0.306 e. The van der Waals surface area contributed by atoms with Gasteiger partial charge in [-0.2, -0.15) is 0 Å². The second-order valence-corrected chi connectivity index (χ2v) is 4.21. The van der Waals surface area contributed by atoms with Gasteiger partial charge in [0, 0.05) is 21.8 Å². The molecule has 1 N–H and O–H groups in total. The third kappa shape index (κ3) is 2.19. The van der Waals surface area contributed by atoms with E-state index >= 15 is 0 Å². The van der Waals surface area contributed by atoms with Crippen molar-refractivity contribution in [2.75, 3.05) is 0 Å². The zero-order valence-corrected chi connectivity index (χ0v) is 10.0. The second-order valence-electron chi connectivity index (χ2n) is 3.36. The monoisotopic (exact) mass is 282 g/mol. The molecule has 1 aromatic carbocycles. The first-order valence-corrected chi connectivity index (χ1v) is 5.39. The number of nitrogens with zero attached hydrogens (tertiary/aromatic N) is 1. The maximum atomic E-state index is 12.9. The number of benzene rings is 1. The maximum Gasteiger partial charge on any atom is 0.251 e. The van der Waals surface area contributed by atoms with Crippen LogP contribution in [0.25, 0.3) is 11.4 Å². The van der Waals surface area contributed by atoms with E-state index in [9.17, 15) is 9.18 Å². The number of halogens is 2. The van der Waals surface area contributed by atoms with E-state index in [0.29, 0.717) is 21.6 Å². The number of aryl methyl sites for hydroxylation is 1. The van der Waals surface area contributed by atoms with Gasteiger partial charge in [-0.25, -0.2) is 9.37 Å². The van der Waals surface area contributed by atoms with E-state index in [1.165, 1.54) is 18.2 Å². The highest BCUT2D eigenvalue weighted by Gasteiger charge is 2.07. The molecule has 3 nitrogen and oxygen atoms in total. The molecule has 1 aromatic heterocycles. The molecule has 0 spiro atoms. The minimum Gasteiger partial charge on any atom is -0.306 e. The average molecular weight is 283 g/mol. The first-order chi connectivity index (χ1) is 7.56. The van der Waals surface area contributed by atoms with Crippen LogP contribution in [0.5, 0.6) is 0 Å². The van der Waals surface area contributed by atoms with Crippen molar-refractivity contribution >= 4 is 15.9 Å². The SMILES string of the molecule is Cc1cc(=O)[nH]c(-c2ccc(F)cc2Br)n1. The van der Waals surface area contributed by atoms with Crippen LogP contribution in [0.15, 0.2) is 33.5 Å². The topological polar surface area (TPSA) is 45.8 Å². The Morgan fingerprint density at radius 2 is 2.12 bits per heavy atom. The van der Waals surface area contributed by atoms with E-state index in [2.05, 4.69) is 25.9 Å². The van der Waals surface area contributed by atoms with Gasteiger partial charge in [0.1, 0.15) is 11.6 Å². The molecule has 0 saturated carbocycles. The van der Waals surface area contributed by atoms with Crippen molar-refractivity contribution in [1.29, 1.82) is 0 Å². The van der Waals surface area contributed by atoms with E-state index in [1.807, 2.05) is 0 Å². The number of aromatic nitrogens is 2. The summed E-state index contributed by atoms with van der Waals surface area (Å²) in [5.74, 6) is 0.0856. The summed E-state index contributed by atoms with van der Waals surface area (Å²) in [6.45, 7) is 1.73. The zero-order valence-electron chi connectivity index (χ0n) is 8.42. The van der Waals surface area contributed by atoms with Crippen LogP contribution in [-0.2, 0) is 0 Å². The van der Waals surface area contributed by atoms with E-state index < -0.39 is 0 Å². The lowest BCUT2D eigenvalue weighted by molar-refractivity contribution is 0.627. The first kappa shape index (κ1) is 11.0. The van der Waals surface area contributed by atoms with Gasteiger partial charge in [0.05, 0.1) is 0 Å². The van der Waals surface area contributed by atoms with Gasteiger partial charge < -0.3 is 4.98 Å². The van der Waals surface area contributed by atoms with Gasteiger partial charge in [0.2, 0.25) is 0 Å². The average Bonchev–Trinajstić information content (AvgIpc) is 2.15. The highest BCUT2D eigenvalue weighted by atomic mass is 79.9. The van der Waals surface area contributed by atoms with Gasteiger partial charge in [0.15, 0.2) is 0 Å². The molecule has 0 aliphatic carbocycles. The van der Waals surface area contributed by atoms with E-state index in [1.54, 1.807) is 13.0 Å². The fourth-order valence-corrected chi connectivity index (χ4v) is 1.93. The summed E-state index contributed by atoms with van der Waals surface area (Å²) >= 11 is 3.23. The quantitative estimate of drug-likeness (QED) is 0.874. The van der Waals surface area contributed by atoms with Crippen LogP contribution >= 0.6 is 15.9 Å². The zero-order chi connectivity index (χ0) is 11.7. The van der Waals surface area contributed by atoms with Crippen LogP contribution in [0, 0.1) is 12.7 Å². The van der Waals surface area contributed by atoms with Crippen molar-refractivity contribution in [2.24, 2.45) is 0 Å². The lowest BCUT2D eigenvalue weighted by Crippen LogP contribution is -2.08. The molecular formula is C11H8BrFN2O. The Labute approximate surface area is 99.5 Å². The second kappa shape index (κ2) is 4.17. The molecule has 0 unspecified atom stereocenters. The van der Waals surface area contributed by atoms with Crippen molar-refractivity contribution in [2.45, 2.75) is 6.92 Å². The van der Waals surface area contributed by atoms with Crippen LogP contribution in [-0.4, -0.2) is 9.97 Å². The molecule has 16 heavy (non-hydrogen) atoms. The summed E-state index contributed by atoms with van der Waals surface area (Å²) in [5.41, 5.74) is 1.05. The highest BCUT2D eigenvalue weighted by Crippen LogP contribution is 2.25. The summed E-state index contributed by atoms with van der Waals surface area (Å²) in [6, 6.07) is 5.62. The normalized spacial score (nSPS) is 10.4. The number of hydrogen-bond donors (Lipinski definition) is 1. The molecule has 0 fully saturated rings. The third-order valence-corrected chi connectivity index (χ3v) is 2.71. The van der Waals surface area contributed by atoms with Crippen molar-refractivity contribution in [3.8, 4) is 11.4 Å². The maximum absolute atomic E-state index is 12.9. The van der Waals surface area contributed by atoms with E-state index in [4.69, 9.17) is 0 Å². The number of nitrogens with one attached hydrogen (secondary N) is 1. The Hall–Kier alpha value is -1.49.